The predicted molar refractivity (Wildman–Crippen MR) is 125 cm³/mol. The molecule has 34 heavy (non-hydrogen) atoms. The second-order valence-electron chi connectivity index (χ2n) is 8.05. The van der Waals surface area contributed by atoms with E-state index in [4.69, 9.17) is 17.2 Å². The Kier molecular flexibility index (Phi) is 10.3. The Bertz CT molecular complexity index is 889. The molecule has 0 bridgehead atoms. The predicted octanol–water partition coefficient (Wildman–Crippen LogP) is -1.71. The van der Waals surface area contributed by atoms with Crippen molar-refractivity contribution < 1.29 is 24.3 Å². The lowest BCUT2D eigenvalue weighted by molar-refractivity contribution is -0.149. The molecular weight excluding hydrogens is 442 g/mol. The summed E-state index contributed by atoms with van der Waals surface area (Å²) in [6.07, 6.45) is 1.69. The zero-order valence-electron chi connectivity index (χ0n) is 19.0. The molecule has 186 valence electrons. The monoisotopic (exact) mass is 475 g/mol. The molecule has 0 aliphatic carbocycles. The summed E-state index contributed by atoms with van der Waals surface area (Å²) in [7, 11) is 0. The zero-order chi connectivity index (χ0) is 25.1. The van der Waals surface area contributed by atoms with Crippen LogP contribution in [-0.2, 0) is 25.6 Å². The standard InChI is InChI=1S/C22H33N7O5/c23-13-18(30)27-15(8-4-10-26-22(24)25)19(31)28-16(12-14-6-2-1-3-7-14)20(32)29-11-5-9-17(29)21(33)34/h1-3,6-7,15-17H,4-5,8-13,23H2,(H,27,30)(H,28,31)(H,33,34)(H4,24,25,26). The van der Waals surface area contributed by atoms with Crippen molar-refractivity contribution in [3.05, 3.63) is 35.9 Å². The molecule has 1 fully saturated rings. The summed E-state index contributed by atoms with van der Waals surface area (Å²) in [5.74, 6) is -2.75. The SMILES string of the molecule is NCC(=O)NC(CCCN=C(N)N)C(=O)NC(Cc1ccccc1)C(=O)N1CCCC1C(=O)O. The number of carboxylic acid groups (broad SMARTS) is 1. The molecule has 1 aromatic carbocycles. The Labute approximate surface area is 197 Å². The van der Waals surface area contributed by atoms with Gasteiger partial charge >= 0.3 is 5.97 Å². The number of aliphatic carboxylic acids is 1. The number of nitrogens with two attached hydrogens (primary N) is 3. The first kappa shape index (κ1) is 26.6. The fraction of sp³-hybridized carbons (Fsp3) is 0.500. The second kappa shape index (κ2) is 13.1. The van der Waals surface area contributed by atoms with Gasteiger partial charge in [-0.1, -0.05) is 30.3 Å². The highest BCUT2D eigenvalue weighted by Crippen LogP contribution is 2.20. The first-order chi connectivity index (χ1) is 16.2. The summed E-state index contributed by atoms with van der Waals surface area (Å²) in [4.78, 5) is 55.1. The van der Waals surface area contributed by atoms with Crippen molar-refractivity contribution in [2.45, 2.75) is 50.2 Å². The van der Waals surface area contributed by atoms with Gasteiger partial charge in [0, 0.05) is 19.5 Å². The molecule has 3 amide bonds. The molecular formula is C22H33N7O5. The van der Waals surface area contributed by atoms with Gasteiger partial charge in [0.2, 0.25) is 17.7 Å². The Morgan fingerprint density at radius 2 is 1.82 bits per heavy atom. The van der Waals surface area contributed by atoms with Crippen molar-refractivity contribution in [2.75, 3.05) is 19.6 Å². The first-order valence-electron chi connectivity index (χ1n) is 11.1. The van der Waals surface area contributed by atoms with Crippen LogP contribution in [0.25, 0.3) is 0 Å². The minimum atomic E-state index is -1.08. The van der Waals surface area contributed by atoms with E-state index < -0.39 is 41.8 Å². The Morgan fingerprint density at radius 3 is 2.44 bits per heavy atom. The topological polar surface area (TPSA) is 206 Å². The van der Waals surface area contributed by atoms with E-state index in [1.807, 2.05) is 30.3 Å². The molecule has 3 atom stereocenters. The number of hydrogen-bond acceptors (Lipinski definition) is 6. The number of nitrogens with one attached hydrogen (secondary N) is 2. The maximum Gasteiger partial charge on any atom is 0.326 e. The molecule has 1 aromatic rings. The largest absolute Gasteiger partial charge is 0.480 e. The van der Waals surface area contributed by atoms with Gasteiger partial charge in [-0.15, -0.1) is 0 Å². The fourth-order valence-corrected chi connectivity index (χ4v) is 3.84. The molecule has 1 heterocycles. The molecule has 12 nitrogen and oxygen atoms in total. The number of carbonyl (C=O) groups is 4. The van der Waals surface area contributed by atoms with Gasteiger partial charge in [0.25, 0.3) is 0 Å². The minimum Gasteiger partial charge on any atom is -0.480 e. The molecule has 12 heteroatoms. The van der Waals surface area contributed by atoms with Gasteiger partial charge in [-0.3, -0.25) is 19.4 Å². The van der Waals surface area contributed by atoms with Gasteiger partial charge in [-0.2, -0.15) is 0 Å². The number of carboxylic acids is 1. The molecule has 0 radical (unpaired) electrons. The summed E-state index contributed by atoms with van der Waals surface area (Å²) < 4.78 is 0. The van der Waals surface area contributed by atoms with Crippen LogP contribution in [0.1, 0.15) is 31.2 Å². The van der Waals surface area contributed by atoms with Crippen LogP contribution >= 0.6 is 0 Å². The Hall–Kier alpha value is -3.67. The second-order valence-corrected chi connectivity index (χ2v) is 8.05. The number of hydrogen-bond donors (Lipinski definition) is 6. The Morgan fingerprint density at radius 1 is 1.12 bits per heavy atom. The van der Waals surface area contributed by atoms with Crippen molar-refractivity contribution in [3.8, 4) is 0 Å². The number of nitrogens with zero attached hydrogens (tertiary/aromatic N) is 2. The molecule has 0 aromatic heterocycles. The van der Waals surface area contributed by atoms with Crippen molar-refractivity contribution in [1.82, 2.24) is 15.5 Å². The number of amides is 3. The molecule has 1 aliphatic rings. The number of rotatable bonds is 12. The van der Waals surface area contributed by atoms with Crippen LogP contribution in [0.5, 0.6) is 0 Å². The van der Waals surface area contributed by atoms with Crippen molar-refractivity contribution in [3.63, 3.8) is 0 Å². The molecule has 0 saturated carbocycles. The molecule has 2 rings (SSSR count). The van der Waals surface area contributed by atoms with E-state index in [0.29, 0.717) is 25.8 Å². The van der Waals surface area contributed by atoms with E-state index in [1.165, 1.54) is 4.90 Å². The zero-order valence-corrected chi connectivity index (χ0v) is 19.0. The summed E-state index contributed by atoms with van der Waals surface area (Å²) in [6, 6.07) is 6.16. The summed E-state index contributed by atoms with van der Waals surface area (Å²) in [6.45, 7) is 0.242. The first-order valence-corrected chi connectivity index (χ1v) is 11.1. The summed E-state index contributed by atoms with van der Waals surface area (Å²) in [5.41, 5.74) is 16.8. The van der Waals surface area contributed by atoms with E-state index >= 15 is 0 Å². The van der Waals surface area contributed by atoms with E-state index in [2.05, 4.69) is 15.6 Å². The maximum absolute atomic E-state index is 13.3. The number of likely N-dealkylation sites (tertiary alicyclic amines) is 1. The van der Waals surface area contributed by atoms with Crippen LogP contribution in [0.2, 0.25) is 0 Å². The smallest absolute Gasteiger partial charge is 0.326 e. The van der Waals surface area contributed by atoms with Crippen LogP contribution in [0.4, 0.5) is 0 Å². The third kappa shape index (κ3) is 8.03. The lowest BCUT2D eigenvalue weighted by Crippen LogP contribution is -2.56. The van der Waals surface area contributed by atoms with E-state index in [9.17, 15) is 24.3 Å². The fourth-order valence-electron chi connectivity index (χ4n) is 3.84. The summed E-state index contributed by atoms with van der Waals surface area (Å²) >= 11 is 0. The highest BCUT2D eigenvalue weighted by molar-refractivity contribution is 5.94. The molecule has 9 N–H and O–H groups in total. The molecule has 0 spiro atoms. The van der Waals surface area contributed by atoms with Gasteiger partial charge in [0.05, 0.1) is 6.54 Å². The quantitative estimate of drug-likeness (QED) is 0.116. The summed E-state index contributed by atoms with van der Waals surface area (Å²) in [5, 5.41) is 14.8. The minimum absolute atomic E-state index is 0.0842. The lowest BCUT2D eigenvalue weighted by atomic mass is 10.0. The van der Waals surface area contributed by atoms with Crippen LogP contribution in [0, 0.1) is 0 Å². The van der Waals surface area contributed by atoms with Crippen LogP contribution in [0.15, 0.2) is 35.3 Å². The van der Waals surface area contributed by atoms with Crippen LogP contribution in [0.3, 0.4) is 0 Å². The third-order valence-corrected chi connectivity index (χ3v) is 5.50. The average Bonchev–Trinajstić information content (AvgIpc) is 3.30. The maximum atomic E-state index is 13.3. The molecule has 3 unspecified atom stereocenters. The van der Waals surface area contributed by atoms with Crippen molar-refractivity contribution >= 4 is 29.7 Å². The van der Waals surface area contributed by atoms with Gasteiger partial charge in [-0.05, 0) is 31.2 Å². The lowest BCUT2D eigenvalue weighted by Gasteiger charge is -2.29. The van der Waals surface area contributed by atoms with E-state index in [1.54, 1.807) is 0 Å². The normalized spacial score (nSPS) is 16.9. The number of benzene rings is 1. The van der Waals surface area contributed by atoms with Crippen molar-refractivity contribution in [2.24, 2.45) is 22.2 Å². The third-order valence-electron chi connectivity index (χ3n) is 5.50. The number of carbonyl (C=O) groups excluding carboxylic acids is 3. The molecule has 1 aliphatic heterocycles. The van der Waals surface area contributed by atoms with Crippen molar-refractivity contribution in [1.29, 1.82) is 0 Å². The van der Waals surface area contributed by atoms with E-state index in [0.717, 1.165) is 5.56 Å². The van der Waals surface area contributed by atoms with E-state index in [-0.39, 0.29) is 31.9 Å². The average molecular weight is 476 g/mol. The van der Waals surface area contributed by atoms with Crippen LogP contribution < -0.4 is 27.8 Å². The number of aliphatic imine (C=N–C) groups is 1. The van der Waals surface area contributed by atoms with Gasteiger partial charge in [0.1, 0.15) is 18.1 Å². The Balaban J connectivity index is 2.20. The highest BCUT2D eigenvalue weighted by atomic mass is 16.4. The van der Waals surface area contributed by atoms with Gasteiger partial charge in [0.15, 0.2) is 5.96 Å². The van der Waals surface area contributed by atoms with Gasteiger partial charge < -0.3 is 37.8 Å². The van der Waals surface area contributed by atoms with Gasteiger partial charge in [-0.25, -0.2) is 4.79 Å². The number of guanidine groups is 1. The van der Waals surface area contributed by atoms with Crippen LogP contribution in [-0.4, -0.2) is 77.4 Å². The highest BCUT2D eigenvalue weighted by Gasteiger charge is 2.38. The molecule has 1 saturated heterocycles.